The summed E-state index contributed by atoms with van der Waals surface area (Å²) in [5.41, 5.74) is 7.32. The van der Waals surface area contributed by atoms with E-state index in [2.05, 4.69) is 0 Å². The molecule has 0 amide bonds. The Morgan fingerprint density at radius 1 is 1.11 bits per heavy atom. The topological polar surface area (TPSA) is 48.0 Å². The minimum absolute atomic E-state index is 0.126. The molecule has 0 radical (unpaired) electrons. The van der Waals surface area contributed by atoms with Gasteiger partial charge in [0, 0.05) is 12.7 Å². The first-order chi connectivity index (χ1) is 8.60. The van der Waals surface area contributed by atoms with Gasteiger partial charge in [-0.15, -0.1) is 0 Å². The molecule has 2 aromatic rings. The molecule has 0 unspecified atom stereocenters. The van der Waals surface area contributed by atoms with Crippen LogP contribution in [0.15, 0.2) is 41.3 Å². The third kappa shape index (κ3) is 2.93. The molecule has 0 aliphatic carbocycles. The van der Waals surface area contributed by atoms with E-state index in [1.165, 1.54) is 10.6 Å². The number of benzene rings is 1. The van der Waals surface area contributed by atoms with Gasteiger partial charge in [0.2, 0.25) is 0 Å². The Hall–Kier alpha value is -1.29. The van der Waals surface area contributed by atoms with Gasteiger partial charge in [0.1, 0.15) is 5.02 Å². The van der Waals surface area contributed by atoms with Crippen molar-refractivity contribution in [3.05, 3.63) is 68.1 Å². The number of rotatable bonds is 3. The smallest absolute Gasteiger partial charge is 0.269 e. The van der Waals surface area contributed by atoms with Crippen LogP contribution in [0.1, 0.15) is 11.1 Å². The molecule has 18 heavy (non-hydrogen) atoms. The molecule has 1 aromatic carbocycles. The molecular weight excluding hydrogens is 271 g/mol. The van der Waals surface area contributed by atoms with Crippen LogP contribution in [-0.2, 0) is 13.1 Å². The molecule has 1 aromatic heterocycles. The summed E-state index contributed by atoms with van der Waals surface area (Å²) in [6.45, 7) is 0.938. The van der Waals surface area contributed by atoms with E-state index < -0.39 is 0 Å². The van der Waals surface area contributed by atoms with Crippen molar-refractivity contribution in [1.29, 1.82) is 0 Å². The Bertz CT molecular complexity index is 605. The van der Waals surface area contributed by atoms with Crippen molar-refractivity contribution in [3.8, 4) is 0 Å². The molecule has 0 atom stereocenters. The van der Waals surface area contributed by atoms with Crippen molar-refractivity contribution >= 4 is 23.2 Å². The van der Waals surface area contributed by atoms with Crippen LogP contribution >= 0.6 is 23.2 Å². The summed E-state index contributed by atoms with van der Waals surface area (Å²) < 4.78 is 1.49. The summed E-state index contributed by atoms with van der Waals surface area (Å²) in [5.74, 6) is 0. The molecule has 1 heterocycles. The number of hydrogen-bond acceptors (Lipinski definition) is 2. The zero-order valence-electron chi connectivity index (χ0n) is 9.57. The zero-order valence-corrected chi connectivity index (χ0v) is 11.1. The van der Waals surface area contributed by atoms with Crippen LogP contribution in [0.2, 0.25) is 10.0 Å². The van der Waals surface area contributed by atoms with Gasteiger partial charge in [-0.1, -0.05) is 47.5 Å². The SMILES string of the molecule is NCc1ccc(Cn2cc(Cl)cc(Cl)c2=O)cc1. The fraction of sp³-hybridized carbons (Fsp3) is 0.154. The van der Waals surface area contributed by atoms with E-state index in [1.54, 1.807) is 6.20 Å². The highest BCUT2D eigenvalue weighted by Gasteiger charge is 2.04. The Morgan fingerprint density at radius 3 is 2.33 bits per heavy atom. The second-order valence-electron chi connectivity index (χ2n) is 3.96. The fourth-order valence-corrected chi connectivity index (χ4v) is 2.17. The summed E-state index contributed by atoms with van der Waals surface area (Å²) in [4.78, 5) is 11.8. The third-order valence-electron chi connectivity index (χ3n) is 2.62. The molecule has 0 bridgehead atoms. The standard InChI is InChI=1S/C13H12Cl2N2O/c14-11-5-12(15)13(18)17(8-11)7-10-3-1-9(6-16)2-4-10/h1-5,8H,6-7,16H2. The highest BCUT2D eigenvalue weighted by atomic mass is 35.5. The van der Waals surface area contributed by atoms with Gasteiger partial charge >= 0.3 is 0 Å². The number of nitrogens with two attached hydrogens (primary N) is 1. The molecule has 0 fully saturated rings. The van der Waals surface area contributed by atoms with Crippen LogP contribution in [0.4, 0.5) is 0 Å². The maximum Gasteiger partial charge on any atom is 0.269 e. The number of halogens is 2. The van der Waals surface area contributed by atoms with Gasteiger partial charge in [0.05, 0.1) is 11.6 Å². The first-order valence-electron chi connectivity index (χ1n) is 5.43. The van der Waals surface area contributed by atoms with Crippen LogP contribution < -0.4 is 11.3 Å². The van der Waals surface area contributed by atoms with Crippen LogP contribution in [0.25, 0.3) is 0 Å². The van der Waals surface area contributed by atoms with Crippen molar-refractivity contribution in [2.24, 2.45) is 5.73 Å². The average molecular weight is 283 g/mol. The van der Waals surface area contributed by atoms with Crippen LogP contribution in [0.3, 0.4) is 0 Å². The molecule has 3 nitrogen and oxygen atoms in total. The summed E-state index contributed by atoms with van der Waals surface area (Å²) in [6, 6.07) is 9.19. The molecule has 5 heteroatoms. The summed E-state index contributed by atoms with van der Waals surface area (Å²) >= 11 is 11.7. The van der Waals surface area contributed by atoms with E-state index in [4.69, 9.17) is 28.9 Å². The minimum Gasteiger partial charge on any atom is -0.326 e. The number of hydrogen-bond donors (Lipinski definition) is 1. The molecule has 0 saturated heterocycles. The normalized spacial score (nSPS) is 10.6. The largest absolute Gasteiger partial charge is 0.326 e. The lowest BCUT2D eigenvalue weighted by atomic mass is 10.1. The molecule has 0 spiro atoms. The van der Waals surface area contributed by atoms with Gasteiger partial charge in [-0.2, -0.15) is 0 Å². The lowest BCUT2D eigenvalue weighted by molar-refractivity contribution is 0.759. The quantitative estimate of drug-likeness (QED) is 0.941. The van der Waals surface area contributed by atoms with E-state index in [9.17, 15) is 4.79 Å². The first-order valence-corrected chi connectivity index (χ1v) is 6.19. The monoisotopic (exact) mass is 282 g/mol. The van der Waals surface area contributed by atoms with Crippen LogP contribution in [-0.4, -0.2) is 4.57 Å². The molecular formula is C13H12Cl2N2O. The van der Waals surface area contributed by atoms with Crippen LogP contribution in [0.5, 0.6) is 0 Å². The Labute approximate surface area is 115 Å². The van der Waals surface area contributed by atoms with Crippen molar-refractivity contribution in [3.63, 3.8) is 0 Å². The van der Waals surface area contributed by atoms with Crippen molar-refractivity contribution in [2.45, 2.75) is 13.1 Å². The zero-order chi connectivity index (χ0) is 13.1. The van der Waals surface area contributed by atoms with Gasteiger partial charge in [0.15, 0.2) is 0 Å². The lowest BCUT2D eigenvalue weighted by Crippen LogP contribution is -2.20. The van der Waals surface area contributed by atoms with Gasteiger partial charge in [-0.05, 0) is 17.2 Å². The Kier molecular flexibility index (Phi) is 4.07. The average Bonchev–Trinajstić information content (AvgIpc) is 2.36. The second kappa shape index (κ2) is 5.57. The maximum atomic E-state index is 11.8. The maximum absolute atomic E-state index is 11.8. The predicted molar refractivity (Wildman–Crippen MR) is 74.2 cm³/mol. The van der Waals surface area contributed by atoms with Gasteiger partial charge in [0.25, 0.3) is 5.56 Å². The van der Waals surface area contributed by atoms with Gasteiger partial charge in [-0.3, -0.25) is 4.79 Å². The van der Waals surface area contributed by atoms with E-state index >= 15 is 0 Å². The first kappa shape index (κ1) is 13.1. The number of aromatic nitrogens is 1. The molecule has 2 rings (SSSR count). The van der Waals surface area contributed by atoms with E-state index in [0.29, 0.717) is 18.1 Å². The van der Waals surface area contributed by atoms with Gasteiger partial charge in [-0.25, -0.2) is 0 Å². The Balaban J connectivity index is 2.31. The highest BCUT2D eigenvalue weighted by Crippen LogP contribution is 2.12. The summed E-state index contributed by atoms with van der Waals surface area (Å²) in [6.07, 6.45) is 1.58. The Morgan fingerprint density at radius 2 is 1.72 bits per heavy atom. The molecule has 0 saturated carbocycles. The number of nitrogens with zero attached hydrogens (tertiary/aromatic N) is 1. The van der Waals surface area contributed by atoms with E-state index in [-0.39, 0.29) is 10.6 Å². The molecule has 2 N–H and O–H groups in total. The minimum atomic E-state index is -0.246. The molecule has 94 valence electrons. The molecule has 0 aliphatic rings. The second-order valence-corrected chi connectivity index (χ2v) is 4.80. The van der Waals surface area contributed by atoms with Gasteiger partial charge < -0.3 is 10.3 Å². The number of pyridine rings is 1. The van der Waals surface area contributed by atoms with E-state index in [1.807, 2.05) is 24.3 Å². The van der Waals surface area contributed by atoms with Crippen LogP contribution in [0, 0.1) is 0 Å². The van der Waals surface area contributed by atoms with E-state index in [0.717, 1.165) is 11.1 Å². The lowest BCUT2D eigenvalue weighted by Gasteiger charge is -2.07. The van der Waals surface area contributed by atoms with Crippen molar-refractivity contribution in [1.82, 2.24) is 4.57 Å². The highest BCUT2D eigenvalue weighted by molar-refractivity contribution is 6.34. The molecule has 0 aliphatic heterocycles. The summed E-state index contributed by atoms with van der Waals surface area (Å²) in [5, 5.41) is 0.569. The fourth-order valence-electron chi connectivity index (χ4n) is 1.66. The third-order valence-corrected chi connectivity index (χ3v) is 3.10. The summed E-state index contributed by atoms with van der Waals surface area (Å²) in [7, 11) is 0. The van der Waals surface area contributed by atoms with Crippen molar-refractivity contribution < 1.29 is 0 Å². The van der Waals surface area contributed by atoms with Crippen molar-refractivity contribution in [2.75, 3.05) is 0 Å². The predicted octanol–water partition coefficient (Wildman–Crippen LogP) is 2.66.